The van der Waals surface area contributed by atoms with E-state index in [1.807, 2.05) is 68.4 Å². The van der Waals surface area contributed by atoms with Gasteiger partial charge in [0.25, 0.3) is 5.91 Å². The summed E-state index contributed by atoms with van der Waals surface area (Å²) in [6.45, 7) is 6.36. The van der Waals surface area contributed by atoms with E-state index in [1.165, 1.54) is 0 Å². The Morgan fingerprint density at radius 3 is 2.50 bits per heavy atom. The lowest BCUT2D eigenvalue weighted by atomic mass is 10.0. The van der Waals surface area contributed by atoms with Gasteiger partial charge >= 0.3 is 5.97 Å². The van der Waals surface area contributed by atoms with E-state index < -0.39 is 5.97 Å². The molecule has 2 aromatic carbocycles. The molecule has 2 aromatic rings. The number of rotatable bonds is 6. The summed E-state index contributed by atoms with van der Waals surface area (Å²) >= 11 is 0. The first kappa shape index (κ1) is 19.6. The van der Waals surface area contributed by atoms with Gasteiger partial charge < -0.3 is 9.64 Å². The Labute approximate surface area is 166 Å². The van der Waals surface area contributed by atoms with Gasteiger partial charge in [-0.15, -0.1) is 0 Å². The van der Waals surface area contributed by atoms with Crippen molar-refractivity contribution in [2.75, 3.05) is 13.2 Å². The zero-order valence-corrected chi connectivity index (χ0v) is 16.6. The van der Waals surface area contributed by atoms with Crippen LogP contribution in [-0.4, -0.2) is 29.9 Å². The van der Waals surface area contributed by atoms with Crippen molar-refractivity contribution in [3.05, 3.63) is 88.1 Å². The summed E-state index contributed by atoms with van der Waals surface area (Å²) in [5.41, 5.74) is 4.55. The van der Waals surface area contributed by atoms with E-state index in [1.54, 1.807) is 17.9 Å². The fourth-order valence-corrected chi connectivity index (χ4v) is 3.41. The third kappa shape index (κ3) is 4.22. The third-order valence-electron chi connectivity index (χ3n) is 4.81. The first-order valence-corrected chi connectivity index (χ1v) is 9.53. The molecule has 0 spiro atoms. The minimum atomic E-state index is -0.450. The molecule has 0 bridgehead atoms. The highest BCUT2D eigenvalue weighted by Crippen LogP contribution is 2.32. The number of hydrogen-bond acceptors (Lipinski definition) is 3. The molecule has 1 aliphatic heterocycles. The number of benzene rings is 2. The highest BCUT2D eigenvalue weighted by atomic mass is 16.5. The quantitative estimate of drug-likeness (QED) is 0.559. The van der Waals surface area contributed by atoms with Crippen molar-refractivity contribution >= 4 is 18.0 Å². The maximum absolute atomic E-state index is 13.2. The van der Waals surface area contributed by atoms with Gasteiger partial charge in [0, 0.05) is 12.2 Å². The predicted molar refractivity (Wildman–Crippen MR) is 110 cm³/mol. The second kappa shape index (κ2) is 8.70. The van der Waals surface area contributed by atoms with E-state index in [2.05, 4.69) is 0 Å². The van der Waals surface area contributed by atoms with Gasteiger partial charge in [0.2, 0.25) is 0 Å². The molecule has 0 aliphatic carbocycles. The van der Waals surface area contributed by atoms with Gasteiger partial charge in [0.1, 0.15) is 0 Å². The normalized spacial score (nSPS) is 15.5. The molecule has 4 heteroatoms. The Bertz CT molecular complexity index is 941. The number of amides is 1. The van der Waals surface area contributed by atoms with Crippen molar-refractivity contribution in [2.45, 2.75) is 27.2 Å². The molecule has 0 fully saturated rings. The highest BCUT2D eigenvalue weighted by molar-refractivity contribution is 6.16. The van der Waals surface area contributed by atoms with E-state index in [4.69, 9.17) is 4.74 Å². The molecule has 0 N–H and O–H groups in total. The minimum Gasteiger partial charge on any atom is -0.462 e. The average Bonchev–Trinajstić information content (AvgIpc) is 2.91. The molecule has 0 atom stereocenters. The number of carbonyl (C=O) groups excluding carboxylic acids is 2. The van der Waals surface area contributed by atoms with Crippen molar-refractivity contribution in [1.29, 1.82) is 0 Å². The van der Waals surface area contributed by atoms with Crippen molar-refractivity contribution < 1.29 is 14.3 Å². The molecule has 0 aromatic heterocycles. The monoisotopic (exact) mass is 375 g/mol. The molecule has 1 amide bonds. The molecule has 1 heterocycles. The van der Waals surface area contributed by atoms with E-state index in [-0.39, 0.29) is 12.5 Å². The summed E-state index contributed by atoms with van der Waals surface area (Å²) < 4.78 is 5.23. The molecular formula is C24H25NO3. The van der Waals surface area contributed by atoms with Crippen LogP contribution in [0.1, 0.15) is 30.5 Å². The lowest BCUT2D eigenvalue weighted by Gasteiger charge is -2.17. The first-order valence-electron chi connectivity index (χ1n) is 9.53. The smallest absolute Gasteiger partial charge is 0.340 e. The lowest BCUT2D eigenvalue weighted by molar-refractivity contribution is -0.138. The number of allylic oxidation sites excluding steroid dienone is 1. The summed E-state index contributed by atoms with van der Waals surface area (Å²) in [5, 5.41) is 0. The van der Waals surface area contributed by atoms with Crippen LogP contribution in [0, 0.1) is 6.92 Å². The Morgan fingerprint density at radius 1 is 1.07 bits per heavy atom. The van der Waals surface area contributed by atoms with E-state index in [0.29, 0.717) is 23.4 Å². The van der Waals surface area contributed by atoms with Gasteiger partial charge in [0.05, 0.1) is 17.8 Å². The van der Waals surface area contributed by atoms with Gasteiger partial charge in [-0.05, 0) is 44.4 Å². The van der Waals surface area contributed by atoms with Crippen LogP contribution in [0.5, 0.6) is 0 Å². The predicted octanol–water partition coefficient (Wildman–Crippen LogP) is 4.30. The van der Waals surface area contributed by atoms with Crippen LogP contribution in [-0.2, 0) is 20.7 Å². The van der Waals surface area contributed by atoms with Crippen molar-refractivity contribution in [3.63, 3.8) is 0 Å². The standard InChI is InChI=1S/C24H25NO3/c1-4-28-24(27)22-18(3)25(14-13-19-10-6-5-7-11-19)23(26)21(22)16-20-12-8-9-17(2)15-20/h5-12,15-16H,4,13-14H2,1-3H3/b21-16-. The van der Waals surface area contributed by atoms with Crippen LogP contribution in [0.15, 0.2) is 71.4 Å². The average molecular weight is 375 g/mol. The lowest BCUT2D eigenvalue weighted by Crippen LogP contribution is -2.27. The first-order chi connectivity index (χ1) is 13.5. The fraction of sp³-hybridized carbons (Fsp3) is 0.250. The van der Waals surface area contributed by atoms with E-state index in [9.17, 15) is 9.59 Å². The second-order valence-corrected chi connectivity index (χ2v) is 6.85. The van der Waals surface area contributed by atoms with E-state index in [0.717, 1.165) is 23.1 Å². The SMILES string of the molecule is CCOC(=O)C1=C(C)N(CCc2ccccc2)C(=O)/C1=C\c1cccc(C)c1. The zero-order chi connectivity index (χ0) is 20.1. The van der Waals surface area contributed by atoms with Crippen LogP contribution >= 0.6 is 0 Å². The second-order valence-electron chi connectivity index (χ2n) is 6.85. The molecular weight excluding hydrogens is 350 g/mol. The highest BCUT2D eigenvalue weighted by Gasteiger charge is 2.36. The van der Waals surface area contributed by atoms with Crippen molar-refractivity contribution in [3.8, 4) is 0 Å². The molecule has 144 valence electrons. The summed E-state index contributed by atoms with van der Waals surface area (Å²) in [7, 11) is 0. The third-order valence-corrected chi connectivity index (χ3v) is 4.81. The number of esters is 1. The maximum Gasteiger partial charge on any atom is 0.340 e. The fourth-order valence-electron chi connectivity index (χ4n) is 3.41. The Balaban J connectivity index is 1.94. The van der Waals surface area contributed by atoms with Crippen LogP contribution in [0.2, 0.25) is 0 Å². The van der Waals surface area contributed by atoms with Gasteiger partial charge in [0.15, 0.2) is 0 Å². The number of aryl methyl sites for hydroxylation is 1. The summed E-state index contributed by atoms with van der Waals surface area (Å²) in [6, 6.07) is 17.9. The Morgan fingerprint density at radius 2 is 1.82 bits per heavy atom. The summed E-state index contributed by atoms with van der Waals surface area (Å²) in [4.78, 5) is 27.4. The van der Waals surface area contributed by atoms with Gasteiger partial charge in [-0.1, -0.05) is 60.2 Å². The van der Waals surface area contributed by atoms with Crippen LogP contribution in [0.4, 0.5) is 0 Å². The van der Waals surface area contributed by atoms with Gasteiger partial charge in [-0.3, -0.25) is 4.79 Å². The molecule has 0 saturated carbocycles. The molecule has 3 rings (SSSR count). The molecule has 28 heavy (non-hydrogen) atoms. The molecule has 0 radical (unpaired) electrons. The molecule has 4 nitrogen and oxygen atoms in total. The number of carbonyl (C=O) groups is 2. The van der Waals surface area contributed by atoms with Crippen molar-refractivity contribution in [2.24, 2.45) is 0 Å². The summed E-state index contributed by atoms with van der Waals surface area (Å²) in [5.74, 6) is -0.604. The molecule has 0 unspecified atom stereocenters. The van der Waals surface area contributed by atoms with Gasteiger partial charge in [-0.25, -0.2) is 4.79 Å². The van der Waals surface area contributed by atoms with Crippen LogP contribution < -0.4 is 0 Å². The molecule has 0 saturated heterocycles. The number of hydrogen-bond donors (Lipinski definition) is 0. The number of nitrogens with zero attached hydrogens (tertiary/aromatic N) is 1. The summed E-state index contributed by atoms with van der Waals surface area (Å²) in [6.07, 6.45) is 2.51. The van der Waals surface area contributed by atoms with Gasteiger partial charge in [-0.2, -0.15) is 0 Å². The van der Waals surface area contributed by atoms with Crippen LogP contribution in [0.3, 0.4) is 0 Å². The minimum absolute atomic E-state index is 0.155. The largest absolute Gasteiger partial charge is 0.462 e. The number of ether oxygens (including phenoxy) is 1. The van der Waals surface area contributed by atoms with E-state index >= 15 is 0 Å². The van der Waals surface area contributed by atoms with Crippen molar-refractivity contribution in [1.82, 2.24) is 4.90 Å². The Hall–Kier alpha value is -3.14. The topological polar surface area (TPSA) is 46.6 Å². The van der Waals surface area contributed by atoms with Crippen LogP contribution in [0.25, 0.3) is 6.08 Å². The maximum atomic E-state index is 13.2. The molecule has 1 aliphatic rings. The Kier molecular flexibility index (Phi) is 6.09. The zero-order valence-electron chi connectivity index (χ0n) is 16.6.